The van der Waals surface area contributed by atoms with Gasteiger partial charge in [0.2, 0.25) is 0 Å². The number of carbonyl (C=O) groups is 1. The van der Waals surface area contributed by atoms with E-state index < -0.39 is 11.8 Å². The van der Waals surface area contributed by atoms with Gasteiger partial charge in [-0.1, -0.05) is 6.07 Å². The highest BCUT2D eigenvalue weighted by Gasteiger charge is 2.14. The van der Waals surface area contributed by atoms with Gasteiger partial charge < -0.3 is 14.9 Å². The van der Waals surface area contributed by atoms with E-state index in [-0.39, 0.29) is 11.3 Å². The van der Waals surface area contributed by atoms with Crippen LogP contribution < -0.4 is 4.74 Å². The average Bonchev–Trinajstić information content (AvgIpc) is 2.40. The SMILES string of the molecule is CCOc1cc(F)ccc1-c1ccc(O)c(C(=O)O)c1. The summed E-state index contributed by atoms with van der Waals surface area (Å²) >= 11 is 0. The fourth-order valence-electron chi connectivity index (χ4n) is 1.88. The molecular formula is C15H13FO4. The van der Waals surface area contributed by atoms with Crippen LogP contribution in [0.15, 0.2) is 36.4 Å². The molecule has 2 aromatic carbocycles. The molecule has 0 heterocycles. The molecule has 0 aliphatic rings. The molecule has 0 aliphatic carbocycles. The molecule has 0 radical (unpaired) electrons. The Morgan fingerprint density at radius 2 is 2.00 bits per heavy atom. The summed E-state index contributed by atoms with van der Waals surface area (Å²) in [6.45, 7) is 2.13. The summed E-state index contributed by atoms with van der Waals surface area (Å²) in [6, 6.07) is 8.19. The molecule has 104 valence electrons. The van der Waals surface area contributed by atoms with E-state index >= 15 is 0 Å². The van der Waals surface area contributed by atoms with Crippen LogP contribution in [0.25, 0.3) is 11.1 Å². The van der Waals surface area contributed by atoms with Crippen LogP contribution in [0.1, 0.15) is 17.3 Å². The minimum absolute atomic E-state index is 0.214. The quantitative estimate of drug-likeness (QED) is 0.899. The number of carboxylic acid groups (broad SMARTS) is 1. The van der Waals surface area contributed by atoms with Gasteiger partial charge in [-0.05, 0) is 36.8 Å². The van der Waals surface area contributed by atoms with E-state index in [1.54, 1.807) is 13.0 Å². The van der Waals surface area contributed by atoms with Crippen LogP contribution in [-0.2, 0) is 0 Å². The number of phenols is 1. The highest BCUT2D eigenvalue weighted by atomic mass is 19.1. The standard InChI is InChI=1S/C15H13FO4/c1-2-20-14-8-10(16)4-5-11(14)9-3-6-13(17)12(7-9)15(18)19/h3-8,17H,2H2,1H3,(H,18,19). The zero-order valence-corrected chi connectivity index (χ0v) is 10.8. The van der Waals surface area contributed by atoms with Crippen molar-refractivity contribution < 1.29 is 24.1 Å². The Morgan fingerprint density at radius 1 is 1.25 bits per heavy atom. The summed E-state index contributed by atoms with van der Waals surface area (Å²) < 4.78 is 18.6. The molecule has 0 spiro atoms. The molecule has 0 bridgehead atoms. The van der Waals surface area contributed by atoms with Gasteiger partial charge in [0.15, 0.2) is 0 Å². The monoisotopic (exact) mass is 276 g/mol. The fraction of sp³-hybridized carbons (Fsp3) is 0.133. The van der Waals surface area contributed by atoms with E-state index in [2.05, 4.69) is 0 Å². The van der Waals surface area contributed by atoms with Gasteiger partial charge in [0, 0.05) is 11.6 Å². The molecule has 20 heavy (non-hydrogen) atoms. The number of hydrogen-bond acceptors (Lipinski definition) is 3. The van der Waals surface area contributed by atoms with Crippen LogP contribution in [0.4, 0.5) is 4.39 Å². The third-order valence-corrected chi connectivity index (χ3v) is 2.78. The normalized spacial score (nSPS) is 10.3. The van der Waals surface area contributed by atoms with Gasteiger partial charge >= 0.3 is 5.97 Å². The van der Waals surface area contributed by atoms with Crippen molar-refractivity contribution in [2.45, 2.75) is 6.92 Å². The zero-order chi connectivity index (χ0) is 14.7. The van der Waals surface area contributed by atoms with Crippen molar-refractivity contribution in [3.8, 4) is 22.6 Å². The maximum Gasteiger partial charge on any atom is 0.339 e. The Kier molecular flexibility index (Phi) is 3.89. The van der Waals surface area contributed by atoms with Crippen LogP contribution >= 0.6 is 0 Å². The molecule has 0 saturated carbocycles. The van der Waals surface area contributed by atoms with Crippen molar-refractivity contribution >= 4 is 5.97 Å². The second-order valence-corrected chi connectivity index (χ2v) is 4.11. The minimum atomic E-state index is -1.23. The fourth-order valence-corrected chi connectivity index (χ4v) is 1.88. The number of benzene rings is 2. The first-order valence-electron chi connectivity index (χ1n) is 6.02. The number of ether oxygens (including phenoxy) is 1. The van der Waals surface area contributed by atoms with Crippen molar-refractivity contribution in [3.63, 3.8) is 0 Å². The highest BCUT2D eigenvalue weighted by Crippen LogP contribution is 2.33. The summed E-state index contributed by atoms with van der Waals surface area (Å²) in [5.74, 6) is -1.66. The van der Waals surface area contributed by atoms with Crippen LogP contribution in [0, 0.1) is 5.82 Å². The Bertz CT molecular complexity index is 652. The number of rotatable bonds is 4. The van der Waals surface area contributed by atoms with E-state index in [1.165, 1.54) is 30.3 Å². The third-order valence-electron chi connectivity index (χ3n) is 2.78. The topological polar surface area (TPSA) is 66.8 Å². The number of carboxylic acids is 1. The maximum atomic E-state index is 13.2. The summed E-state index contributed by atoms with van der Waals surface area (Å²) in [6.07, 6.45) is 0. The van der Waals surface area contributed by atoms with Gasteiger partial charge in [0.1, 0.15) is 22.9 Å². The number of hydrogen-bond donors (Lipinski definition) is 2. The Hall–Kier alpha value is -2.56. The van der Waals surface area contributed by atoms with Gasteiger partial charge in [0.25, 0.3) is 0 Å². The molecule has 5 heteroatoms. The number of halogens is 1. The summed E-state index contributed by atoms with van der Waals surface area (Å²) in [5, 5.41) is 18.5. The Balaban J connectivity index is 2.56. The zero-order valence-electron chi connectivity index (χ0n) is 10.8. The van der Waals surface area contributed by atoms with Crippen molar-refractivity contribution in [2.75, 3.05) is 6.61 Å². The van der Waals surface area contributed by atoms with E-state index in [0.29, 0.717) is 23.5 Å². The highest BCUT2D eigenvalue weighted by molar-refractivity contribution is 5.92. The van der Waals surface area contributed by atoms with E-state index in [4.69, 9.17) is 9.84 Å². The Labute approximate surface area is 115 Å². The van der Waals surface area contributed by atoms with E-state index in [9.17, 15) is 14.3 Å². The second-order valence-electron chi connectivity index (χ2n) is 4.11. The average molecular weight is 276 g/mol. The maximum absolute atomic E-state index is 13.2. The molecule has 0 amide bonds. The molecule has 0 aromatic heterocycles. The Morgan fingerprint density at radius 3 is 2.65 bits per heavy atom. The molecule has 2 aromatic rings. The lowest BCUT2D eigenvalue weighted by atomic mass is 10.0. The van der Waals surface area contributed by atoms with Gasteiger partial charge in [-0.2, -0.15) is 0 Å². The van der Waals surface area contributed by atoms with Gasteiger partial charge in [0.05, 0.1) is 6.61 Å². The van der Waals surface area contributed by atoms with Gasteiger partial charge in [-0.25, -0.2) is 9.18 Å². The van der Waals surface area contributed by atoms with Crippen molar-refractivity contribution in [2.24, 2.45) is 0 Å². The first-order valence-corrected chi connectivity index (χ1v) is 6.02. The molecule has 0 aliphatic heterocycles. The largest absolute Gasteiger partial charge is 0.507 e. The van der Waals surface area contributed by atoms with Crippen molar-refractivity contribution in [1.82, 2.24) is 0 Å². The molecule has 2 rings (SSSR count). The summed E-state index contributed by atoms with van der Waals surface area (Å²) in [5.41, 5.74) is 0.883. The smallest absolute Gasteiger partial charge is 0.339 e. The van der Waals surface area contributed by atoms with Crippen molar-refractivity contribution in [1.29, 1.82) is 0 Å². The van der Waals surface area contributed by atoms with Crippen LogP contribution in [0.3, 0.4) is 0 Å². The molecule has 4 nitrogen and oxygen atoms in total. The first-order chi connectivity index (χ1) is 9.52. The summed E-state index contributed by atoms with van der Waals surface area (Å²) in [4.78, 5) is 11.0. The summed E-state index contributed by atoms with van der Waals surface area (Å²) in [7, 11) is 0. The number of aromatic hydroxyl groups is 1. The molecule has 0 fully saturated rings. The lowest BCUT2D eigenvalue weighted by Crippen LogP contribution is -1.98. The molecule has 2 N–H and O–H groups in total. The molecule has 0 atom stereocenters. The molecular weight excluding hydrogens is 263 g/mol. The predicted octanol–water partition coefficient (Wildman–Crippen LogP) is 3.30. The van der Waals surface area contributed by atoms with Crippen LogP contribution in [-0.4, -0.2) is 22.8 Å². The predicted molar refractivity (Wildman–Crippen MR) is 71.6 cm³/mol. The number of aromatic carboxylic acids is 1. The second kappa shape index (κ2) is 5.61. The van der Waals surface area contributed by atoms with Gasteiger partial charge in [-0.15, -0.1) is 0 Å². The van der Waals surface area contributed by atoms with E-state index in [0.717, 1.165) is 0 Å². The third kappa shape index (κ3) is 2.71. The molecule has 0 unspecified atom stereocenters. The van der Waals surface area contributed by atoms with Crippen LogP contribution in [0.2, 0.25) is 0 Å². The lowest BCUT2D eigenvalue weighted by molar-refractivity contribution is 0.0694. The first kappa shape index (κ1) is 13.9. The van der Waals surface area contributed by atoms with Gasteiger partial charge in [-0.3, -0.25) is 0 Å². The van der Waals surface area contributed by atoms with E-state index in [1.807, 2.05) is 0 Å². The minimum Gasteiger partial charge on any atom is -0.507 e. The van der Waals surface area contributed by atoms with Crippen molar-refractivity contribution in [3.05, 3.63) is 47.8 Å². The van der Waals surface area contributed by atoms with Crippen LogP contribution in [0.5, 0.6) is 11.5 Å². The molecule has 0 saturated heterocycles. The lowest BCUT2D eigenvalue weighted by Gasteiger charge is -2.11.